The Balaban J connectivity index is 1.79. The summed E-state index contributed by atoms with van der Waals surface area (Å²) >= 11 is 0. The van der Waals surface area contributed by atoms with E-state index in [9.17, 15) is 5.26 Å². The number of anilines is 2. The van der Waals surface area contributed by atoms with E-state index in [0.29, 0.717) is 12.2 Å². The van der Waals surface area contributed by atoms with Gasteiger partial charge in [0.1, 0.15) is 11.6 Å². The fourth-order valence-electron chi connectivity index (χ4n) is 2.75. The summed E-state index contributed by atoms with van der Waals surface area (Å²) in [5.74, 6) is 0.268. The van der Waals surface area contributed by atoms with E-state index < -0.39 is 0 Å². The van der Waals surface area contributed by atoms with Crippen LogP contribution in [0.1, 0.15) is 17.8 Å². The van der Waals surface area contributed by atoms with Crippen molar-refractivity contribution < 1.29 is 4.74 Å². The average molecular weight is 325 g/mol. The SMILES string of the molecule is COCCN1CCCc2ccc(NC=C(C#N)c3nn[nH]n3)cc21. The van der Waals surface area contributed by atoms with Gasteiger partial charge in [0.15, 0.2) is 0 Å². The van der Waals surface area contributed by atoms with Crippen LogP contribution in [0.2, 0.25) is 0 Å². The Morgan fingerprint density at radius 3 is 3.21 bits per heavy atom. The molecule has 0 fully saturated rings. The van der Waals surface area contributed by atoms with E-state index in [1.807, 2.05) is 6.07 Å². The maximum absolute atomic E-state index is 9.21. The van der Waals surface area contributed by atoms with Crippen molar-refractivity contribution in [2.45, 2.75) is 12.8 Å². The largest absolute Gasteiger partial charge is 0.383 e. The van der Waals surface area contributed by atoms with Crippen LogP contribution in [0.5, 0.6) is 0 Å². The van der Waals surface area contributed by atoms with E-state index in [0.717, 1.165) is 31.6 Å². The van der Waals surface area contributed by atoms with Crippen LogP contribution in [0.25, 0.3) is 5.57 Å². The summed E-state index contributed by atoms with van der Waals surface area (Å²) in [7, 11) is 1.72. The quantitative estimate of drug-likeness (QED) is 0.777. The summed E-state index contributed by atoms with van der Waals surface area (Å²) in [6.07, 6.45) is 3.83. The smallest absolute Gasteiger partial charge is 0.216 e. The molecule has 1 aromatic heterocycles. The number of aromatic nitrogens is 4. The molecule has 0 aliphatic carbocycles. The van der Waals surface area contributed by atoms with Gasteiger partial charge in [-0.1, -0.05) is 6.07 Å². The Morgan fingerprint density at radius 1 is 1.54 bits per heavy atom. The van der Waals surface area contributed by atoms with Crippen LogP contribution in [-0.4, -0.2) is 47.4 Å². The Kier molecular flexibility index (Phi) is 5.03. The number of hydrogen-bond donors (Lipinski definition) is 2. The predicted molar refractivity (Wildman–Crippen MR) is 90.2 cm³/mol. The molecule has 0 saturated heterocycles. The molecule has 8 heteroatoms. The number of fused-ring (bicyclic) bond motifs is 1. The topological polar surface area (TPSA) is 103 Å². The predicted octanol–water partition coefficient (Wildman–Crippen LogP) is 1.58. The molecule has 8 nitrogen and oxygen atoms in total. The Bertz CT molecular complexity index is 748. The molecule has 0 saturated carbocycles. The summed E-state index contributed by atoms with van der Waals surface area (Å²) in [6.45, 7) is 2.60. The van der Waals surface area contributed by atoms with Gasteiger partial charge in [-0.15, -0.1) is 10.2 Å². The number of nitriles is 1. The van der Waals surface area contributed by atoms with Gasteiger partial charge in [0, 0.05) is 37.8 Å². The van der Waals surface area contributed by atoms with E-state index in [1.54, 1.807) is 13.3 Å². The minimum Gasteiger partial charge on any atom is -0.383 e. The highest BCUT2D eigenvalue weighted by molar-refractivity contribution is 5.75. The molecule has 2 aromatic rings. The summed E-state index contributed by atoms with van der Waals surface area (Å²) in [5.41, 5.74) is 3.78. The molecule has 1 aliphatic heterocycles. The first-order valence-corrected chi connectivity index (χ1v) is 7.79. The first-order valence-electron chi connectivity index (χ1n) is 7.79. The third-order valence-corrected chi connectivity index (χ3v) is 3.96. The summed E-state index contributed by atoms with van der Waals surface area (Å²) < 4.78 is 5.20. The summed E-state index contributed by atoms with van der Waals surface area (Å²) in [5, 5.41) is 25.8. The molecular formula is C16H19N7O. The number of benzene rings is 1. The molecular weight excluding hydrogens is 306 g/mol. The highest BCUT2D eigenvalue weighted by atomic mass is 16.5. The van der Waals surface area contributed by atoms with Crippen LogP contribution < -0.4 is 10.2 Å². The van der Waals surface area contributed by atoms with Gasteiger partial charge in [0.2, 0.25) is 5.82 Å². The number of rotatable bonds is 6. The zero-order chi connectivity index (χ0) is 16.8. The number of aromatic amines is 1. The van der Waals surface area contributed by atoms with Gasteiger partial charge in [-0.3, -0.25) is 0 Å². The third-order valence-electron chi connectivity index (χ3n) is 3.96. The lowest BCUT2D eigenvalue weighted by atomic mass is 10.0. The number of aryl methyl sites for hydroxylation is 1. The Hall–Kier alpha value is -2.92. The van der Waals surface area contributed by atoms with Gasteiger partial charge >= 0.3 is 0 Å². The first kappa shape index (κ1) is 16.0. The number of hydrogen-bond acceptors (Lipinski definition) is 7. The van der Waals surface area contributed by atoms with Crippen LogP contribution in [0.15, 0.2) is 24.4 Å². The van der Waals surface area contributed by atoms with Crippen LogP contribution in [0, 0.1) is 11.3 Å². The molecule has 24 heavy (non-hydrogen) atoms. The molecule has 1 aliphatic rings. The molecule has 3 rings (SSSR count). The summed E-state index contributed by atoms with van der Waals surface area (Å²) in [6, 6.07) is 8.31. The van der Waals surface area contributed by atoms with Crippen molar-refractivity contribution in [1.29, 1.82) is 5.26 Å². The Morgan fingerprint density at radius 2 is 2.46 bits per heavy atom. The van der Waals surface area contributed by atoms with Crippen molar-refractivity contribution >= 4 is 16.9 Å². The first-order chi connectivity index (χ1) is 11.8. The highest BCUT2D eigenvalue weighted by Gasteiger charge is 2.16. The van der Waals surface area contributed by atoms with Gasteiger partial charge in [0.25, 0.3) is 0 Å². The molecule has 0 atom stereocenters. The second kappa shape index (κ2) is 7.57. The summed E-state index contributed by atoms with van der Waals surface area (Å²) in [4.78, 5) is 2.33. The van der Waals surface area contributed by atoms with Crippen molar-refractivity contribution in [2.24, 2.45) is 0 Å². The normalized spacial score (nSPS) is 14.2. The van der Waals surface area contributed by atoms with Crippen molar-refractivity contribution in [3.05, 3.63) is 35.8 Å². The fraction of sp³-hybridized carbons (Fsp3) is 0.375. The maximum Gasteiger partial charge on any atom is 0.216 e. The average Bonchev–Trinajstić information content (AvgIpc) is 3.15. The molecule has 0 amide bonds. The van der Waals surface area contributed by atoms with E-state index in [2.05, 4.69) is 49.0 Å². The lowest BCUT2D eigenvalue weighted by Crippen LogP contribution is -2.32. The number of H-pyrrole nitrogens is 1. The number of nitrogens with zero attached hydrogens (tertiary/aromatic N) is 5. The monoisotopic (exact) mass is 325 g/mol. The zero-order valence-electron chi connectivity index (χ0n) is 13.5. The van der Waals surface area contributed by atoms with Gasteiger partial charge in [-0.05, 0) is 35.8 Å². The number of ether oxygens (including phenoxy) is 1. The lowest BCUT2D eigenvalue weighted by molar-refractivity contribution is 0.205. The lowest BCUT2D eigenvalue weighted by Gasteiger charge is -2.31. The standard InChI is InChI=1S/C16H19N7O/c1-24-8-7-23-6-2-3-12-4-5-14(9-15(12)23)18-11-13(10-17)16-19-21-22-20-16/h4-5,9,11,18H,2-3,6-8H2,1H3,(H,19,20,21,22). The second-order valence-corrected chi connectivity index (χ2v) is 5.48. The minimum absolute atomic E-state index is 0.268. The minimum atomic E-state index is 0.268. The van der Waals surface area contributed by atoms with Crippen molar-refractivity contribution in [1.82, 2.24) is 20.6 Å². The molecule has 2 N–H and O–H groups in total. The van der Waals surface area contributed by atoms with Crippen LogP contribution >= 0.6 is 0 Å². The molecule has 2 heterocycles. The molecule has 124 valence electrons. The fourth-order valence-corrected chi connectivity index (χ4v) is 2.75. The van der Waals surface area contributed by atoms with Crippen LogP contribution in [0.4, 0.5) is 11.4 Å². The highest BCUT2D eigenvalue weighted by Crippen LogP contribution is 2.30. The molecule has 0 unspecified atom stereocenters. The van der Waals surface area contributed by atoms with Gasteiger partial charge in [-0.2, -0.15) is 10.5 Å². The second-order valence-electron chi connectivity index (χ2n) is 5.48. The number of methoxy groups -OCH3 is 1. The Labute approximate surface area is 140 Å². The van der Waals surface area contributed by atoms with Crippen LogP contribution in [-0.2, 0) is 11.2 Å². The van der Waals surface area contributed by atoms with Gasteiger partial charge < -0.3 is 15.0 Å². The van der Waals surface area contributed by atoms with Crippen molar-refractivity contribution in [2.75, 3.05) is 37.0 Å². The molecule has 0 spiro atoms. The molecule has 0 bridgehead atoms. The third kappa shape index (κ3) is 3.52. The van der Waals surface area contributed by atoms with Gasteiger partial charge in [-0.25, -0.2) is 0 Å². The number of allylic oxidation sites excluding steroid dienone is 1. The zero-order valence-corrected chi connectivity index (χ0v) is 13.5. The van der Waals surface area contributed by atoms with Gasteiger partial charge in [0.05, 0.1) is 6.61 Å². The maximum atomic E-state index is 9.21. The van der Waals surface area contributed by atoms with Crippen molar-refractivity contribution in [3.63, 3.8) is 0 Å². The van der Waals surface area contributed by atoms with Crippen molar-refractivity contribution in [3.8, 4) is 6.07 Å². The van der Waals surface area contributed by atoms with Crippen LogP contribution in [0.3, 0.4) is 0 Å². The van der Waals surface area contributed by atoms with E-state index in [1.165, 1.54) is 11.3 Å². The number of tetrazole rings is 1. The van der Waals surface area contributed by atoms with E-state index in [-0.39, 0.29) is 5.82 Å². The molecule has 1 aromatic carbocycles. The number of nitrogens with one attached hydrogen (secondary N) is 2. The molecule has 0 radical (unpaired) electrons. The van der Waals surface area contributed by atoms with E-state index in [4.69, 9.17) is 4.74 Å². The van der Waals surface area contributed by atoms with E-state index >= 15 is 0 Å².